The molecular weight excluding hydrogens is 186 g/mol. The monoisotopic (exact) mass is 211 g/mol. The number of hydrogen-bond acceptors (Lipinski definition) is 2. The predicted molar refractivity (Wildman–Crippen MR) is 63.0 cm³/mol. The van der Waals surface area contributed by atoms with Crippen LogP contribution in [0, 0.1) is 5.41 Å². The lowest BCUT2D eigenvalue weighted by atomic mass is 9.74. The van der Waals surface area contributed by atoms with Crippen molar-refractivity contribution in [2.45, 2.75) is 58.0 Å². The van der Waals surface area contributed by atoms with Crippen molar-refractivity contribution in [2.24, 2.45) is 5.41 Å². The number of nitrogens with one attached hydrogen (secondary N) is 1. The summed E-state index contributed by atoms with van der Waals surface area (Å²) in [6.45, 7) is 7.63. The number of rotatable bonds is 1. The highest BCUT2D eigenvalue weighted by Crippen LogP contribution is 2.38. The molecule has 1 N–H and O–H groups in total. The third-order valence-electron chi connectivity index (χ3n) is 4.39. The van der Waals surface area contributed by atoms with Crippen molar-refractivity contribution < 1.29 is 4.74 Å². The Hall–Kier alpha value is -0.0800. The van der Waals surface area contributed by atoms with E-state index in [9.17, 15) is 0 Å². The highest BCUT2D eigenvalue weighted by molar-refractivity contribution is 4.90. The Labute approximate surface area is 93.8 Å². The van der Waals surface area contributed by atoms with Crippen molar-refractivity contribution in [2.75, 3.05) is 19.7 Å². The molecule has 2 rings (SSSR count). The lowest BCUT2D eigenvalue weighted by Gasteiger charge is -2.36. The average molecular weight is 211 g/mol. The molecule has 1 aliphatic heterocycles. The van der Waals surface area contributed by atoms with Gasteiger partial charge in [0.1, 0.15) is 0 Å². The first-order valence-electron chi connectivity index (χ1n) is 6.53. The van der Waals surface area contributed by atoms with Crippen LogP contribution in [0.1, 0.15) is 52.4 Å². The van der Waals surface area contributed by atoms with Gasteiger partial charge in [-0.2, -0.15) is 0 Å². The van der Waals surface area contributed by atoms with Gasteiger partial charge in [-0.15, -0.1) is 0 Å². The van der Waals surface area contributed by atoms with Crippen LogP contribution in [0.4, 0.5) is 0 Å². The van der Waals surface area contributed by atoms with Gasteiger partial charge in [-0.05, 0) is 26.2 Å². The molecule has 1 spiro atoms. The minimum Gasteiger partial charge on any atom is -0.373 e. The van der Waals surface area contributed by atoms with E-state index in [2.05, 4.69) is 19.2 Å². The van der Waals surface area contributed by atoms with Crippen LogP contribution in [0.3, 0.4) is 0 Å². The summed E-state index contributed by atoms with van der Waals surface area (Å²) in [6, 6.07) is 0. The Morgan fingerprint density at radius 3 is 2.53 bits per heavy atom. The zero-order valence-corrected chi connectivity index (χ0v) is 10.3. The van der Waals surface area contributed by atoms with Gasteiger partial charge in [0.25, 0.3) is 0 Å². The van der Waals surface area contributed by atoms with Gasteiger partial charge < -0.3 is 10.1 Å². The highest BCUT2D eigenvalue weighted by Gasteiger charge is 2.38. The average Bonchev–Trinajstić information content (AvgIpc) is 2.42. The Bertz CT molecular complexity index is 211. The van der Waals surface area contributed by atoms with Crippen LogP contribution in [0.5, 0.6) is 0 Å². The van der Waals surface area contributed by atoms with Crippen molar-refractivity contribution in [1.29, 1.82) is 0 Å². The summed E-state index contributed by atoms with van der Waals surface area (Å²) >= 11 is 0. The minimum atomic E-state index is 0.0704. The van der Waals surface area contributed by atoms with E-state index in [4.69, 9.17) is 4.74 Å². The van der Waals surface area contributed by atoms with Crippen molar-refractivity contribution in [3.8, 4) is 0 Å². The molecule has 1 saturated carbocycles. The molecule has 2 fully saturated rings. The Kier molecular flexibility index (Phi) is 3.36. The van der Waals surface area contributed by atoms with Crippen LogP contribution >= 0.6 is 0 Å². The second kappa shape index (κ2) is 4.42. The third-order valence-corrected chi connectivity index (χ3v) is 4.39. The van der Waals surface area contributed by atoms with E-state index >= 15 is 0 Å². The predicted octanol–water partition coefficient (Wildman–Crippen LogP) is 2.73. The first kappa shape index (κ1) is 11.4. The summed E-state index contributed by atoms with van der Waals surface area (Å²) in [4.78, 5) is 0. The number of hydrogen-bond donors (Lipinski definition) is 1. The summed E-state index contributed by atoms with van der Waals surface area (Å²) in [6.07, 6.45) is 8.05. The Balaban J connectivity index is 1.99. The maximum Gasteiger partial charge on any atom is 0.0775 e. The molecule has 1 heterocycles. The standard InChI is InChI=1S/C13H25NO/c1-3-12(2)9-14-10-13(11-15-12)7-5-4-6-8-13/h14H,3-11H2,1-2H3. The Morgan fingerprint density at radius 2 is 1.87 bits per heavy atom. The van der Waals surface area contributed by atoms with Crippen molar-refractivity contribution >= 4 is 0 Å². The molecule has 1 unspecified atom stereocenters. The van der Waals surface area contributed by atoms with Crippen LogP contribution in [0.15, 0.2) is 0 Å². The second-order valence-corrected chi connectivity index (χ2v) is 5.76. The van der Waals surface area contributed by atoms with Crippen LogP contribution in [0.2, 0.25) is 0 Å². The normalized spacial score (nSPS) is 36.4. The molecular formula is C13H25NO. The van der Waals surface area contributed by atoms with Gasteiger partial charge >= 0.3 is 0 Å². The Morgan fingerprint density at radius 1 is 1.13 bits per heavy atom. The molecule has 2 heteroatoms. The SMILES string of the molecule is CCC1(C)CNCC2(CCCCC2)CO1. The van der Waals surface area contributed by atoms with E-state index in [1.54, 1.807) is 0 Å². The smallest absolute Gasteiger partial charge is 0.0775 e. The summed E-state index contributed by atoms with van der Waals surface area (Å²) in [5, 5.41) is 3.62. The molecule has 0 radical (unpaired) electrons. The quantitative estimate of drug-likeness (QED) is 0.720. The molecule has 1 saturated heterocycles. The molecule has 0 aromatic carbocycles. The number of ether oxygens (including phenoxy) is 1. The third kappa shape index (κ3) is 2.54. The van der Waals surface area contributed by atoms with Gasteiger partial charge in [-0.3, -0.25) is 0 Å². The molecule has 1 atom stereocenters. The maximum atomic E-state index is 6.17. The van der Waals surface area contributed by atoms with Gasteiger partial charge in [0.15, 0.2) is 0 Å². The van der Waals surface area contributed by atoms with Gasteiger partial charge in [0.2, 0.25) is 0 Å². The van der Waals surface area contributed by atoms with E-state index in [0.29, 0.717) is 5.41 Å². The van der Waals surface area contributed by atoms with Crippen molar-refractivity contribution in [3.05, 3.63) is 0 Å². The summed E-state index contributed by atoms with van der Waals surface area (Å²) in [7, 11) is 0. The highest BCUT2D eigenvalue weighted by atomic mass is 16.5. The molecule has 0 aromatic heterocycles. The van der Waals surface area contributed by atoms with E-state index < -0.39 is 0 Å². The zero-order valence-electron chi connectivity index (χ0n) is 10.3. The van der Waals surface area contributed by atoms with Gasteiger partial charge in [-0.1, -0.05) is 26.2 Å². The maximum absolute atomic E-state index is 6.17. The molecule has 0 amide bonds. The molecule has 2 nitrogen and oxygen atoms in total. The fraction of sp³-hybridized carbons (Fsp3) is 1.00. The first-order valence-corrected chi connectivity index (χ1v) is 6.53. The molecule has 88 valence electrons. The van der Waals surface area contributed by atoms with E-state index in [1.165, 1.54) is 38.6 Å². The van der Waals surface area contributed by atoms with Gasteiger partial charge in [0, 0.05) is 18.5 Å². The largest absolute Gasteiger partial charge is 0.373 e. The summed E-state index contributed by atoms with van der Waals surface area (Å²) in [5.41, 5.74) is 0.534. The molecule has 1 aliphatic carbocycles. The second-order valence-electron chi connectivity index (χ2n) is 5.76. The lowest BCUT2D eigenvalue weighted by molar-refractivity contribution is -0.0615. The van der Waals surface area contributed by atoms with Gasteiger partial charge in [-0.25, -0.2) is 0 Å². The van der Waals surface area contributed by atoms with Crippen LogP contribution in [0.25, 0.3) is 0 Å². The fourth-order valence-electron chi connectivity index (χ4n) is 2.87. The first-order chi connectivity index (χ1) is 7.18. The van der Waals surface area contributed by atoms with Crippen LogP contribution in [-0.4, -0.2) is 25.3 Å². The minimum absolute atomic E-state index is 0.0704. The molecule has 0 bridgehead atoms. The fourth-order valence-corrected chi connectivity index (χ4v) is 2.87. The molecule has 2 aliphatic rings. The van der Waals surface area contributed by atoms with E-state index in [-0.39, 0.29) is 5.60 Å². The van der Waals surface area contributed by atoms with Crippen LogP contribution < -0.4 is 5.32 Å². The van der Waals surface area contributed by atoms with E-state index in [0.717, 1.165) is 19.6 Å². The molecule has 15 heavy (non-hydrogen) atoms. The van der Waals surface area contributed by atoms with Crippen LogP contribution in [-0.2, 0) is 4.74 Å². The topological polar surface area (TPSA) is 21.3 Å². The zero-order chi connectivity index (χ0) is 10.8. The molecule has 0 aromatic rings. The van der Waals surface area contributed by atoms with E-state index in [1.807, 2.05) is 0 Å². The van der Waals surface area contributed by atoms with Crippen molar-refractivity contribution in [1.82, 2.24) is 5.32 Å². The lowest BCUT2D eigenvalue weighted by Crippen LogP contribution is -2.38. The summed E-state index contributed by atoms with van der Waals surface area (Å²) < 4.78 is 6.17. The van der Waals surface area contributed by atoms with Gasteiger partial charge in [0.05, 0.1) is 12.2 Å². The van der Waals surface area contributed by atoms with Crippen molar-refractivity contribution in [3.63, 3.8) is 0 Å². The summed E-state index contributed by atoms with van der Waals surface area (Å²) in [5.74, 6) is 0.